The van der Waals surface area contributed by atoms with Crippen molar-refractivity contribution in [2.45, 2.75) is 57.7 Å². The molecule has 1 saturated heterocycles. The smallest absolute Gasteiger partial charge is 0.475 e. The van der Waals surface area contributed by atoms with Gasteiger partial charge in [0.05, 0.1) is 24.1 Å². The first-order valence-corrected chi connectivity index (χ1v) is 11.2. The van der Waals surface area contributed by atoms with Crippen LogP contribution in [0.5, 0.6) is 0 Å². The van der Waals surface area contributed by atoms with E-state index < -0.39 is 24.3 Å². The molecule has 0 bridgehead atoms. The molecule has 0 amide bonds. The summed E-state index contributed by atoms with van der Waals surface area (Å²) in [4.78, 5) is 27.0. The van der Waals surface area contributed by atoms with Crippen molar-refractivity contribution in [2.24, 2.45) is 0 Å². The second-order valence-electron chi connectivity index (χ2n) is 8.13. The summed E-state index contributed by atoms with van der Waals surface area (Å²) in [5.74, 6) is -5.51. The van der Waals surface area contributed by atoms with Crippen LogP contribution in [0.15, 0.2) is 24.5 Å². The van der Waals surface area contributed by atoms with E-state index in [1.807, 2.05) is 18.5 Å². The van der Waals surface area contributed by atoms with Crippen molar-refractivity contribution in [3.05, 3.63) is 35.9 Å². The number of carboxylic acid groups (broad SMARTS) is 2. The van der Waals surface area contributed by atoms with Crippen LogP contribution in [0.1, 0.15) is 37.1 Å². The number of anilines is 1. The molecule has 0 atom stereocenters. The number of carboxylic acids is 2. The highest BCUT2D eigenvalue weighted by Crippen LogP contribution is 2.22. The summed E-state index contributed by atoms with van der Waals surface area (Å²) in [6.07, 6.45) is -1.31. The number of hydrogen-bond donors (Lipinski definition) is 2. The summed E-state index contributed by atoms with van der Waals surface area (Å²) in [6.45, 7) is 6.20. The summed E-state index contributed by atoms with van der Waals surface area (Å²) in [5, 5.41) is 23.1. The Labute approximate surface area is 207 Å². The number of aliphatic carboxylic acids is 2. The van der Waals surface area contributed by atoms with Crippen molar-refractivity contribution < 1.29 is 46.1 Å². The molecule has 2 aliphatic heterocycles. The van der Waals surface area contributed by atoms with Gasteiger partial charge >= 0.3 is 24.3 Å². The molecule has 4 rings (SSSR count). The fourth-order valence-corrected chi connectivity index (χ4v) is 3.61. The number of aromatic nitrogens is 4. The fourth-order valence-electron chi connectivity index (χ4n) is 3.61. The third-order valence-electron chi connectivity index (χ3n) is 5.37. The number of fused-ring (bicyclic) bond motifs is 1. The van der Waals surface area contributed by atoms with E-state index in [0.29, 0.717) is 0 Å². The monoisotopic (exact) mass is 540 g/mol. The molecular formula is C21H26F6N6O4. The van der Waals surface area contributed by atoms with Crippen molar-refractivity contribution in [2.75, 3.05) is 24.5 Å². The summed E-state index contributed by atoms with van der Waals surface area (Å²) < 4.78 is 65.6. The number of pyridine rings is 1. The van der Waals surface area contributed by atoms with E-state index in [-0.39, 0.29) is 0 Å². The minimum Gasteiger partial charge on any atom is -0.475 e. The maximum absolute atomic E-state index is 10.6. The largest absolute Gasteiger partial charge is 0.490 e. The molecule has 16 heteroatoms. The van der Waals surface area contributed by atoms with E-state index in [2.05, 4.69) is 35.8 Å². The number of likely N-dealkylation sites (tertiary alicyclic amines) is 1. The molecular weight excluding hydrogens is 514 g/mol. The Bertz CT molecular complexity index is 985. The maximum Gasteiger partial charge on any atom is 0.490 e. The summed E-state index contributed by atoms with van der Waals surface area (Å²) in [7, 11) is 0. The van der Waals surface area contributed by atoms with Gasteiger partial charge in [0.1, 0.15) is 5.69 Å². The number of halogens is 6. The molecule has 0 saturated carbocycles. The van der Waals surface area contributed by atoms with Crippen LogP contribution in [0, 0.1) is 0 Å². The van der Waals surface area contributed by atoms with Crippen LogP contribution in [-0.2, 0) is 29.2 Å². The van der Waals surface area contributed by atoms with E-state index in [9.17, 15) is 26.3 Å². The van der Waals surface area contributed by atoms with Gasteiger partial charge in [0.15, 0.2) is 0 Å². The molecule has 0 unspecified atom stereocenters. The molecule has 0 spiro atoms. The molecule has 0 aromatic carbocycles. The minimum absolute atomic E-state index is 0.877. The zero-order valence-corrected chi connectivity index (χ0v) is 19.5. The average molecular weight is 540 g/mol. The van der Waals surface area contributed by atoms with Gasteiger partial charge in [0.2, 0.25) is 0 Å². The van der Waals surface area contributed by atoms with E-state index in [0.717, 1.165) is 38.3 Å². The Morgan fingerprint density at radius 3 is 2.00 bits per heavy atom. The summed E-state index contributed by atoms with van der Waals surface area (Å²) >= 11 is 0. The van der Waals surface area contributed by atoms with Crippen molar-refractivity contribution >= 4 is 17.6 Å². The Hall–Kier alpha value is -3.43. The number of aryl methyl sites for hydroxylation is 1. The van der Waals surface area contributed by atoms with Crippen LogP contribution in [-0.4, -0.2) is 79.0 Å². The topological polar surface area (TPSA) is 125 Å². The number of rotatable bonds is 3. The number of carbonyl (C=O) groups is 2. The lowest BCUT2D eigenvalue weighted by Crippen LogP contribution is -2.30. The molecule has 2 aliphatic rings. The molecule has 2 aromatic rings. The quantitative estimate of drug-likeness (QED) is 0.564. The van der Waals surface area contributed by atoms with Crippen LogP contribution < -0.4 is 4.90 Å². The third kappa shape index (κ3) is 9.86. The lowest BCUT2D eigenvalue weighted by molar-refractivity contribution is -0.193. The lowest BCUT2D eigenvalue weighted by Gasteiger charge is -2.26. The zero-order chi connectivity index (χ0) is 27.6. The highest BCUT2D eigenvalue weighted by atomic mass is 19.4. The van der Waals surface area contributed by atoms with Crippen molar-refractivity contribution in [1.82, 2.24) is 24.9 Å². The molecule has 10 nitrogen and oxygen atoms in total. The molecule has 1 fully saturated rings. The average Bonchev–Trinajstić information content (AvgIpc) is 3.07. The molecule has 0 aliphatic carbocycles. The van der Waals surface area contributed by atoms with Crippen LogP contribution in [0.25, 0.3) is 0 Å². The summed E-state index contributed by atoms with van der Waals surface area (Å²) in [6, 6.07) is 4.14. The van der Waals surface area contributed by atoms with Gasteiger partial charge in [-0.15, -0.1) is 5.10 Å². The van der Waals surface area contributed by atoms with E-state index >= 15 is 0 Å². The van der Waals surface area contributed by atoms with Crippen LogP contribution in [0.2, 0.25) is 0 Å². The lowest BCUT2D eigenvalue weighted by atomic mass is 10.1. The van der Waals surface area contributed by atoms with Crippen molar-refractivity contribution in [1.29, 1.82) is 0 Å². The number of alkyl halides is 6. The first-order valence-electron chi connectivity index (χ1n) is 11.2. The standard InChI is InChI=1S/C17H24N6.2C2HF3O2/c1-2-8-21(9-3-1)13-16-17-14-22(15-6-4-7-18-12-15)10-5-11-23(17)20-19-16;2*3-2(4,5)1(6)7/h4,6-7,12H,1-3,5,8-11,13-14H2;2*(H,6,7). The van der Waals surface area contributed by atoms with Gasteiger partial charge in [-0.3, -0.25) is 9.88 Å². The number of hydrogen-bond acceptors (Lipinski definition) is 7. The second kappa shape index (κ2) is 13.2. The number of piperidine rings is 1. The van der Waals surface area contributed by atoms with Gasteiger partial charge in [-0.2, -0.15) is 26.3 Å². The van der Waals surface area contributed by atoms with Gasteiger partial charge < -0.3 is 15.1 Å². The normalized spacial score (nSPS) is 16.3. The Kier molecular flexibility index (Phi) is 10.6. The van der Waals surface area contributed by atoms with Gasteiger partial charge in [0, 0.05) is 25.8 Å². The van der Waals surface area contributed by atoms with E-state index in [1.54, 1.807) is 0 Å². The Balaban J connectivity index is 0.000000286. The predicted molar refractivity (Wildman–Crippen MR) is 116 cm³/mol. The summed E-state index contributed by atoms with van der Waals surface area (Å²) in [5.41, 5.74) is 3.62. The highest BCUT2D eigenvalue weighted by Gasteiger charge is 2.38. The first kappa shape index (κ1) is 29.8. The van der Waals surface area contributed by atoms with Crippen molar-refractivity contribution in [3.63, 3.8) is 0 Å². The molecule has 37 heavy (non-hydrogen) atoms. The Morgan fingerprint density at radius 1 is 0.892 bits per heavy atom. The van der Waals surface area contributed by atoms with Gasteiger partial charge in [-0.25, -0.2) is 14.3 Å². The van der Waals surface area contributed by atoms with Crippen LogP contribution in [0.4, 0.5) is 32.0 Å². The predicted octanol–water partition coefficient (Wildman–Crippen LogP) is 3.34. The van der Waals surface area contributed by atoms with E-state index in [1.165, 1.54) is 43.7 Å². The van der Waals surface area contributed by atoms with E-state index in [4.69, 9.17) is 19.8 Å². The maximum atomic E-state index is 10.6. The SMILES string of the molecule is O=C(O)C(F)(F)F.O=C(O)C(F)(F)F.c1cncc(N2CCCn3nnc(CN4CCCCC4)c3C2)c1. The van der Waals surface area contributed by atoms with Gasteiger partial charge in [-0.05, 0) is 44.5 Å². The molecule has 2 aromatic heterocycles. The third-order valence-corrected chi connectivity index (χ3v) is 5.37. The molecule has 206 valence electrons. The second-order valence-corrected chi connectivity index (χ2v) is 8.13. The highest BCUT2D eigenvalue weighted by molar-refractivity contribution is 5.73. The molecule has 0 radical (unpaired) electrons. The molecule has 4 heterocycles. The van der Waals surface area contributed by atoms with Crippen LogP contribution >= 0.6 is 0 Å². The zero-order valence-electron chi connectivity index (χ0n) is 19.5. The Morgan fingerprint density at radius 2 is 1.49 bits per heavy atom. The van der Waals surface area contributed by atoms with Crippen LogP contribution in [0.3, 0.4) is 0 Å². The van der Waals surface area contributed by atoms with Gasteiger partial charge in [0.25, 0.3) is 0 Å². The van der Waals surface area contributed by atoms with Gasteiger partial charge in [-0.1, -0.05) is 11.6 Å². The first-order chi connectivity index (χ1) is 17.3. The minimum atomic E-state index is -5.08. The van der Waals surface area contributed by atoms with Crippen molar-refractivity contribution in [3.8, 4) is 0 Å². The fraction of sp³-hybridized carbons (Fsp3) is 0.571. The molecule has 2 N–H and O–H groups in total. The number of nitrogens with zero attached hydrogens (tertiary/aromatic N) is 6.